The summed E-state index contributed by atoms with van der Waals surface area (Å²) >= 11 is 6.24. The molecule has 0 bridgehead atoms. The third-order valence-electron chi connectivity index (χ3n) is 4.30. The van der Waals surface area contributed by atoms with Crippen molar-refractivity contribution in [2.24, 2.45) is 0 Å². The number of aromatic nitrogens is 2. The van der Waals surface area contributed by atoms with E-state index in [0.29, 0.717) is 16.3 Å². The van der Waals surface area contributed by atoms with Crippen LogP contribution in [0.4, 0.5) is 5.69 Å². The van der Waals surface area contributed by atoms with Crippen molar-refractivity contribution < 1.29 is 9.53 Å². The molecule has 0 saturated heterocycles. The van der Waals surface area contributed by atoms with Gasteiger partial charge in [-0.25, -0.2) is 4.68 Å². The van der Waals surface area contributed by atoms with E-state index >= 15 is 0 Å². The third-order valence-corrected chi connectivity index (χ3v) is 4.62. The van der Waals surface area contributed by atoms with Crippen molar-refractivity contribution >= 4 is 23.2 Å². The van der Waals surface area contributed by atoms with Crippen LogP contribution in [0.15, 0.2) is 54.7 Å². The molecule has 134 valence electrons. The SMILES string of the molecule is CO[C@@H](C)c1cccc(NC(=O)c2cnn(-c3ccccc3Cl)c2C)c1. The Bertz CT molecular complexity index is 936. The van der Waals surface area contributed by atoms with Crippen molar-refractivity contribution in [3.05, 3.63) is 76.6 Å². The van der Waals surface area contributed by atoms with E-state index in [-0.39, 0.29) is 12.0 Å². The van der Waals surface area contributed by atoms with Crippen LogP contribution in [0.25, 0.3) is 5.69 Å². The molecule has 0 aliphatic rings. The number of carbonyl (C=O) groups excluding carboxylic acids is 1. The van der Waals surface area contributed by atoms with Gasteiger partial charge in [0.05, 0.1) is 34.3 Å². The molecule has 1 aromatic heterocycles. The first-order chi connectivity index (χ1) is 12.5. The Kier molecular flexibility index (Phi) is 5.40. The Morgan fingerprint density at radius 3 is 2.73 bits per heavy atom. The summed E-state index contributed by atoms with van der Waals surface area (Å²) in [5.74, 6) is -0.219. The van der Waals surface area contributed by atoms with E-state index in [1.807, 2.05) is 56.3 Å². The number of halogens is 1. The molecule has 1 heterocycles. The van der Waals surface area contributed by atoms with Crippen LogP contribution in [-0.2, 0) is 4.74 Å². The second-order valence-electron chi connectivity index (χ2n) is 5.96. The fraction of sp³-hybridized carbons (Fsp3) is 0.200. The van der Waals surface area contributed by atoms with Crippen LogP contribution in [0.1, 0.15) is 34.6 Å². The van der Waals surface area contributed by atoms with E-state index < -0.39 is 0 Å². The Hall–Kier alpha value is -2.63. The molecule has 6 heteroatoms. The second kappa shape index (κ2) is 7.72. The first kappa shape index (κ1) is 18.2. The maximum Gasteiger partial charge on any atom is 0.259 e. The van der Waals surface area contributed by atoms with E-state index in [4.69, 9.17) is 16.3 Å². The molecule has 0 aliphatic carbocycles. The summed E-state index contributed by atoms with van der Waals surface area (Å²) in [7, 11) is 1.66. The van der Waals surface area contributed by atoms with Gasteiger partial charge in [0.15, 0.2) is 0 Å². The molecule has 1 atom stereocenters. The zero-order valence-corrected chi connectivity index (χ0v) is 15.6. The second-order valence-corrected chi connectivity index (χ2v) is 6.37. The summed E-state index contributed by atoms with van der Waals surface area (Å²) in [4.78, 5) is 12.7. The molecule has 0 spiro atoms. The predicted octanol–water partition coefficient (Wildman–Crippen LogP) is 4.79. The van der Waals surface area contributed by atoms with Crippen LogP contribution in [0.5, 0.6) is 0 Å². The average Bonchev–Trinajstić information content (AvgIpc) is 3.03. The minimum Gasteiger partial charge on any atom is -0.377 e. The molecule has 0 saturated carbocycles. The summed E-state index contributed by atoms with van der Waals surface area (Å²) in [6.45, 7) is 3.80. The molecule has 1 N–H and O–H groups in total. The van der Waals surface area contributed by atoms with Crippen LogP contribution < -0.4 is 5.32 Å². The molecular formula is C20H20ClN3O2. The molecule has 3 rings (SSSR count). The summed E-state index contributed by atoms with van der Waals surface area (Å²) in [5, 5.41) is 7.81. The Balaban J connectivity index is 1.85. The molecule has 5 nitrogen and oxygen atoms in total. The number of amides is 1. The van der Waals surface area contributed by atoms with Gasteiger partial charge in [0.25, 0.3) is 5.91 Å². The number of anilines is 1. The summed E-state index contributed by atoms with van der Waals surface area (Å²) < 4.78 is 6.99. The van der Waals surface area contributed by atoms with Crippen molar-refractivity contribution in [1.82, 2.24) is 9.78 Å². The predicted molar refractivity (Wildman–Crippen MR) is 103 cm³/mol. The van der Waals surface area contributed by atoms with E-state index in [2.05, 4.69) is 10.4 Å². The fourth-order valence-electron chi connectivity index (χ4n) is 2.70. The van der Waals surface area contributed by atoms with Crippen molar-refractivity contribution in [1.29, 1.82) is 0 Å². The van der Waals surface area contributed by atoms with E-state index in [1.54, 1.807) is 24.1 Å². The third kappa shape index (κ3) is 3.64. The fourth-order valence-corrected chi connectivity index (χ4v) is 2.92. The zero-order chi connectivity index (χ0) is 18.7. The van der Waals surface area contributed by atoms with Crippen LogP contribution in [0.2, 0.25) is 5.02 Å². The number of ether oxygens (including phenoxy) is 1. The monoisotopic (exact) mass is 369 g/mol. The molecule has 0 fully saturated rings. The van der Waals surface area contributed by atoms with Crippen LogP contribution in [0.3, 0.4) is 0 Å². The van der Waals surface area contributed by atoms with Crippen molar-refractivity contribution in [2.75, 3.05) is 12.4 Å². The number of nitrogens with zero attached hydrogens (tertiary/aromatic N) is 2. The number of benzene rings is 2. The lowest BCUT2D eigenvalue weighted by Gasteiger charge is -2.12. The number of rotatable bonds is 5. The lowest BCUT2D eigenvalue weighted by molar-refractivity contribution is 0.102. The molecule has 26 heavy (non-hydrogen) atoms. The van der Waals surface area contributed by atoms with Crippen molar-refractivity contribution in [3.8, 4) is 5.69 Å². The largest absolute Gasteiger partial charge is 0.377 e. The lowest BCUT2D eigenvalue weighted by atomic mass is 10.1. The molecule has 2 aromatic carbocycles. The summed E-state index contributed by atoms with van der Waals surface area (Å²) in [5.41, 5.74) is 3.66. The number of carbonyl (C=O) groups is 1. The number of nitrogens with one attached hydrogen (secondary N) is 1. The van der Waals surface area contributed by atoms with Gasteiger partial charge in [0, 0.05) is 12.8 Å². The van der Waals surface area contributed by atoms with Crippen LogP contribution >= 0.6 is 11.6 Å². The van der Waals surface area contributed by atoms with E-state index in [9.17, 15) is 4.79 Å². The minimum atomic E-state index is -0.219. The number of hydrogen-bond donors (Lipinski definition) is 1. The Labute approximate surface area is 157 Å². The maximum atomic E-state index is 12.7. The number of para-hydroxylation sites is 1. The van der Waals surface area contributed by atoms with Gasteiger partial charge in [-0.1, -0.05) is 35.9 Å². The minimum absolute atomic E-state index is 0.0449. The topological polar surface area (TPSA) is 56.1 Å². The molecule has 1 amide bonds. The van der Waals surface area contributed by atoms with Gasteiger partial charge in [-0.3, -0.25) is 4.79 Å². The van der Waals surface area contributed by atoms with Gasteiger partial charge in [-0.15, -0.1) is 0 Å². The average molecular weight is 370 g/mol. The first-order valence-electron chi connectivity index (χ1n) is 8.25. The van der Waals surface area contributed by atoms with Gasteiger partial charge in [0.2, 0.25) is 0 Å². The highest BCUT2D eigenvalue weighted by molar-refractivity contribution is 6.32. The van der Waals surface area contributed by atoms with E-state index in [1.165, 1.54) is 0 Å². The normalized spacial score (nSPS) is 12.0. The van der Waals surface area contributed by atoms with Gasteiger partial charge in [-0.2, -0.15) is 5.10 Å². The maximum absolute atomic E-state index is 12.7. The zero-order valence-electron chi connectivity index (χ0n) is 14.9. The van der Waals surface area contributed by atoms with E-state index in [0.717, 1.165) is 16.9 Å². The Morgan fingerprint density at radius 1 is 1.23 bits per heavy atom. The smallest absolute Gasteiger partial charge is 0.259 e. The molecular weight excluding hydrogens is 350 g/mol. The lowest BCUT2D eigenvalue weighted by Crippen LogP contribution is -2.13. The molecule has 0 radical (unpaired) electrons. The van der Waals surface area contributed by atoms with Crippen LogP contribution in [0, 0.1) is 6.92 Å². The molecule has 3 aromatic rings. The van der Waals surface area contributed by atoms with Gasteiger partial charge < -0.3 is 10.1 Å². The number of methoxy groups -OCH3 is 1. The quantitative estimate of drug-likeness (QED) is 0.703. The number of hydrogen-bond acceptors (Lipinski definition) is 3. The van der Waals surface area contributed by atoms with Gasteiger partial charge >= 0.3 is 0 Å². The highest BCUT2D eigenvalue weighted by atomic mass is 35.5. The van der Waals surface area contributed by atoms with Gasteiger partial charge in [0.1, 0.15) is 0 Å². The molecule has 0 unspecified atom stereocenters. The Morgan fingerprint density at radius 2 is 2.00 bits per heavy atom. The van der Waals surface area contributed by atoms with Crippen LogP contribution in [-0.4, -0.2) is 22.8 Å². The van der Waals surface area contributed by atoms with Gasteiger partial charge in [-0.05, 0) is 43.7 Å². The highest BCUT2D eigenvalue weighted by Gasteiger charge is 2.17. The van der Waals surface area contributed by atoms with Crippen molar-refractivity contribution in [3.63, 3.8) is 0 Å². The molecule has 0 aliphatic heterocycles. The highest BCUT2D eigenvalue weighted by Crippen LogP contribution is 2.23. The summed E-state index contributed by atoms with van der Waals surface area (Å²) in [6.07, 6.45) is 1.51. The standard InChI is InChI=1S/C20H20ClN3O2/c1-13-17(12-22-24(13)19-10-5-4-9-18(19)21)20(25)23-16-8-6-7-15(11-16)14(2)26-3/h4-12,14H,1-3H3,(H,23,25)/t14-/m0/s1. The first-order valence-corrected chi connectivity index (χ1v) is 8.62. The van der Waals surface area contributed by atoms with Crippen molar-refractivity contribution in [2.45, 2.75) is 20.0 Å². The summed E-state index contributed by atoms with van der Waals surface area (Å²) in [6, 6.07) is 15.0.